The highest BCUT2D eigenvalue weighted by atomic mass is 16.3. The number of aliphatic hydroxyl groups excluding tert-OH is 1. The van der Waals surface area contributed by atoms with Crippen molar-refractivity contribution in [2.75, 3.05) is 26.2 Å². The fourth-order valence-corrected chi connectivity index (χ4v) is 6.99. The molecule has 3 rings (SSSR count). The van der Waals surface area contributed by atoms with Gasteiger partial charge in [-0.1, -0.05) is 74.5 Å². The van der Waals surface area contributed by atoms with E-state index in [9.17, 15) is 33.9 Å². The van der Waals surface area contributed by atoms with Crippen LogP contribution in [0.25, 0.3) is 0 Å². The van der Waals surface area contributed by atoms with Crippen LogP contribution < -0.4 is 16.0 Å². The van der Waals surface area contributed by atoms with Crippen LogP contribution in [0.15, 0.2) is 85.2 Å². The normalized spacial score (nSPS) is 14.3. The monoisotopic (exact) mass is 797 g/mol. The van der Waals surface area contributed by atoms with E-state index in [0.29, 0.717) is 24.9 Å². The van der Waals surface area contributed by atoms with E-state index >= 15 is 0 Å². The summed E-state index contributed by atoms with van der Waals surface area (Å²) in [6.45, 7) is 11.9. The Labute approximate surface area is 344 Å². The molecule has 0 aliphatic carbocycles. The smallest absolute Gasteiger partial charge is 0.226 e. The number of pyridine rings is 1. The molecule has 12 heteroatoms. The molecule has 0 bridgehead atoms. The lowest BCUT2D eigenvalue weighted by Crippen LogP contribution is -2.48. The second kappa shape index (κ2) is 25.3. The van der Waals surface area contributed by atoms with Gasteiger partial charge in [0.05, 0.1) is 24.1 Å². The zero-order chi connectivity index (χ0) is 42.5. The minimum absolute atomic E-state index is 0.0905. The Kier molecular flexibility index (Phi) is 20.7. The van der Waals surface area contributed by atoms with E-state index in [1.54, 1.807) is 32.2 Å². The van der Waals surface area contributed by atoms with Crippen molar-refractivity contribution in [3.8, 4) is 0 Å². The fraction of sp³-hybridized carbons (Fsp3) is 0.500. The molecule has 3 aromatic rings. The molecule has 3 unspecified atom stereocenters. The molecule has 2 aromatic carbocycles. The summed E-state index contributed by atoms with van der Waals surface area (Å²) >= 11 is 0. The average molecular weight is 798 g/mol. The number of hydrogen-bond acceptors (Lipinski definition) is 9. The van der Waals surface area contributed by atoms with Gasteiger partial charge < -0.3 is 26.0 Å². The van der Waals surface area contributed by atoms with Crippen LogP contribution in [0.2, 0.25) is 0 Å². The van der Waals surface area contributed by atoms with E-state index in [-0.39, 0.29) is 49.5 Å². The molecule has 0 spiro atoms. The van der Waals surface area contributed by atoms with Gasteiger partial charge in [0, 0.05) is 55.6 Å². The molecule has 6 atom stereocenters. The molecule has 4 N–H and O–H groups in total. The van der Waals surface area contributed by atoms with E-state index in [2.05, 4.69) is 39.7 Å². The SMILES string of the molecule is CCNC(=O)C(CC(=O)[C@H](CCCCN(CC)CC)NC(=O)C(CC(=O)[C@H](C)NC(=O)C(CC(=O)c1cccnc1)Cc1ccccc1)Cc1ccccc1)[C@@H](C)O. The van der Waals surface area contributed by atoms with Crippen LogP contribution in [-0.4, -0.2) is 94.4 Å². The van der Waals surface area contributed by atoms with Crippen molar-refractivity contribution >= 4 is 35.1 Å². The number of benzene rings is 2. The number of unbranched alkanes of at least 4 members (excludes halogenated alkanes) is 1. The second-order valence-electron chi connectivity index (χ2n) is 15.0. The van der Waals surface area contributed by atoms with E-state index in [1.165, 1.54) is 13.1 Å². The third-order valence-electron chi connectivity index (χ3n) is 10.6. The number of nitrogens with one attached hydrogen (secondary N) is 3. The van der Waals surface area contributed by atoms with Gasteiger partial charge in [-0.05, 0) is 95.8 Å². The minimum Gasteiger partial charge on any atom is -0.393 e. The largest absolute Gasteiger partial charge is 0.393 e. The number of carbonyl (C=O) groups is 6. The van der Waals surface area contributed by atoms with E-state index in [4.69, 9.17) is 0 Å². The molecule has 0 saturated heterocycles. The Morgan fingerprint density at radius 3 is 1.81 bits per heavy atom. The van der Waals surface area contributed by atoms with Crippen molar-refractivity contribution < 1.29 is 33.9 Å². The summed E-state index contributed by atoms with van der Waals surface area (Å²) in [5, 5.41) is 18.9. The first-order valence-electron chi connectivity index (χ1n) is 20.7. The van der Waals surface area contributed by atoms with Gasteiger partial charge in [-0.3, -0.25) is 33.8 Å². The van der Waals surface area contributed by atoms with Crippen molar-refractivity contribution in [1.82, 2.24) is 25.8 Å². The Bertz CT molecular complexity index is 1730. The number of rotatable bonds is 27. The lowest BCUT2D eigenvalue weighted by atomic mass is 9.89. The Morgan fingerprint density at radius 1 is 0.690 bits per heavy atom. The molecule has 0 aliphatic heterocycles. The third-order valence-corrected chi connectivity index (χ3v) is 10.6. The molecular formula is C46H63N5O7. The van der Waals surface area contributed by atoms with Crippen molar-refractivity contribution in [2.24, 2.45) is 17.8 Å². The second-order valence-corrected chi connectivity index (χ2v) is 15.0. The predicted molar refractivity (Wildman–Crippen MR) is 225 cm³/mol. The van der Waals surface area contributed by atoms with Gasteiger partial charge in [0.1, 0.15) is 0 Å². The van der Waals surface area contributed by atoms with E-state index < -0.39 is 53.7 Å². The number of nitrogens with zero attached hydrogens (tertiary/aromatic N) is 2. The highest BCUT2D eigenvalue weighted by molar-refractivity contribution is 5.99. The summed E-state index contributed by atoms with van der Waals surface area (Å²) in [7, 11) is 0. The topological polar surface area (TPSA) is 175 Å². The fourth-order valence-electron chi connectivity index (χ4n) is 6.99. The first kappa shape index (κ1) is 47.3. The Morgan fingerprint density at radius 2 is 1.28 bits per heavy atom. The maximum Gasteiger partial charge on any atom is 0.226 e. The van der Waals surface area contributed by atoms with Crippen LogP contribution in [0.5, 0.6) is 0 Å². The van der Waals surface area contributed by atoms with Gasteiger partial charge in [0.15, 0.2) is 17.3 Å². The predicted octanol–water partition coefficient (Wildman–Crippen LogP) is 4.93. The molecule has 1 aromatic heterocycles. The highest BCUT2D eigenvalue weighted by Gasteiger charge is 2.33. The summed E-state index contributed by atoms with van der Waals surface area (Å²) in [4.78, 5) is 88.1. The van der Waals surface area contributed by atoms with Crippen LogP contribution in [0, 0.1) is 17.8 Å². The van der Waals surface area contributed by atoms with Gasteiger partial charge in [-0.2, -0.15) is 0 Å². The van der Waals surface area contributed by atoms with Crippen molar-refractivity contribution in [3.05, 3.63) is 102 Å². The summed E-state index contributed by atoms with van der Waals surface area (Å²) in [6, 6.07) is 20.0. The number of carbonyl (C=O) groups excluding carboxylic acids is 6. The number of aliphatic hydroxyl groups is 1. The first-order valence-corrected chi connectivity index (χ1v) is 20.7. The van der Waals surface area contributed by atoms with E-state index in [0.717, 1.165) is 37.2 Å². The zero-order valence-electron chi connectivity index (χ0n) is 34.8. The van der Waals surface area contributed by atoms with Gasteiger partial charge >= 0.3 is 0 Å². The quantitative estimate of drug-likeness (QED) is 0.0617. The van der Waals surface area contributed by atoms with Gasteiger partial charge in [0.2, 0.25) is 17.7 Å². The van der Waals surface area contributed by atoms with Crippen LogP contribution >= 0.6 is 0 Å². The molecule has 314 valence electrons. The van der Waals surface area contributed by atoms with Gasteiger partial charge in [0.25, 0.3) is 0 Å². The molecular weight excluding hydrogens is 735 g/mol. The number of hydrogen-bond donors (Lipinski definition) is 4. The van der Waals surface area contributed by atoms with Crippen LogP contribution in [-0.2, 0) is 36.8 Å². The van der Waals surface area contributed by atoms with E-state index in [1.807, 2.05) is 60.7 Å². The average Bonchev–Trinajstić information content (AvgIpc) is 3.22. The van der Waals surface area contributed by atoms with Gasteiger partial charge in [-0.25, -0.2) is 0 Å². The van der Waals surface area contributed by atoms with Crippen molar-refractivity contribution in [2.45, 2.75) is 104 Å². The molecule has 0 aliphatic rings. The molecule has 12 nitrogen and oxygen atoms in total. The first-order chi connectivity index (χ1) is 27.9. The minimum atomic E-state index is -1.09. The van der Waals surface area contributed by atoms with Crippen LogP contribution in [0.4, 0.5) is 0 Å². The van der Waals surface area contributed by atoms with Crippen LogP contribution in [0.3, 0.4) is 0 Å². The standard InChI is InChI=1S/C46H63N5O7/c1-6-48-46(58)39(33(5)52)30-43(55)40(23-15-16-25-51(7-2)8-3)50-45(57)37(26-34-18-11-9-12-19-34)28-41(53)32(4)49-44(56)38(27-35-20-13-10-14-21-35)29-42(54)36-22-17-24-47-31-36/h9-14,17-22,24,31-33,37-40,52H,6-8,15-16,23,25-30H2,1-5H3,(H,48,58)(H,49,56)(H,50,57)/t32-,33+,37?,38?,39?,40-/m0/s1. The summed E-state index contributed by atoms with van der Waals surface area (Å²) in [6.07, 6.45) is 3.59. The summed E-state index contributed by atoms with van der Waals surface area (Å²) < 4.78 is 0. The lowest BCUT2D eigenvalue weighted by molar-refractivity contribution is -0.136. The number of ketones is 3. The Balaban J connectivity index is 1.82. The lowest BCUT2D eigenvalue weighted by Gasteiger charge is -2.26. The molecule has 0 radical (unpaired) electrons. The maximum atomic E-state index is 14.2. The summed E-state index contributed by atoms with van der Waals surface area (Å²) in [5.41, 5.74) is 2.07. The highest BCUT2D eigenvalue weighted by Crippen LogP contribution is 2.20. The third kappa shape index (κ3) is 16.1. The molecule has 3 amide bonds. The molecule has 0 saturated carbocycles. The van der Waals surface area contributed by atoms with Gasteiger partial charge in [-0.15, -0.1) is 0 Å². The van der Waals surface area contributed by atoms with Crippen molar-refractivity contribution in [3.63, 3.8) is 0 Å². The number of aromatic nitrogens is 1. The van der Waals surface area contributed by atoms with Crippen LogP contribution in [0.1, 0.15) is 94.6 Å². The number of Topliss-reactive ketones (excluding diaryl/α,β-unsaturated/α-hetero) is 3. The Hall–Kier alpha value is -5.07. The molecule has 1 heterocycles. The molecule has 0 fully saturated rings. The zero-order valence-corrected chi connectivity index (χ0v) is 34.8. The van der Waals surface area contributed by atoms with Crippen molar-refractivity contribution in [1.29, 1.82) is 0 Å². The summed E-state index contributed by atoms with van der Waals surface area (Å²) in [5.74, 6) is -5.03. The molecule has 58 heavy (non-hydrogen) atoms. The maximum absolute atomic E-state index is 14.2. The number of amides is 3.